The van der Waals surface area contributed by atoms with Crippen LogP contribution in [0.1, 0.15) is 6.92 Å². The fraction of sp³-hybridized carbons (Fsp3) is 0.889. The fourth-order valence-corrected chi connectivity index (χ4v) is 1.48. The largest absolute Gasteiger partial charge is 0.389 e. The van der Waals surface area contributed by atoms with Crippen LogP contribution in [0.4, 0.5) is 0 Å². The van der Waals surface area contributed by atoms with Crippen molar-refractivity contribution in [3.05, 3.63) is 0 Å². The van der Waals surface area contributed by atoms with Gasteiger partial charge in [-0.05, 0) is 6.92 Å². The molecular weight excluding hydrogens is 184 g/mol. The zero-order valence-corrected chi connectivity index (χ0v) is 8.86. The van der Waals surface area contributed by atoms with Gasteiger partial charge in [0.15, 0.2) is 0 Å². The summed E-state index contributed by atoms with van der Waals surface area (Å²) in [5.74, 6) is 0.00380. The molecule has 5 heteroatoms. The van der Waals surface area contributed by atoms with Crippen molar-refractivity contribution in [3.8, 4) is 0 Å². The number of hydrogen-bond donors (Lipinski definition) is 2. The molecule has 3 unspecified atom stereocenters. The zero-order valence-electron chi connectivity index (χ0n) is 8.86. The lowest BCUT2D eigenvalue weighted by molar-refractivity contribution is -0.130. The van der Waals surface area contributed by atoms with Crippen molar-refractivity contribution in [2.45, 2.75) is 25.1 Å². The van der Waals surface area contributed by atoms with Gasteiger partial charge in [0, 0.05) is 14.1 Å². The summed E-state index contributed by atoms with van der Waals surface area (Å²) in [4.78, 5) is 13.0. The van der Waals surface area contributed by atoms with Crippen LogP contribution >= 0.6 is 0 Å². The second-order valence-electron chi connectivity index (χ2n) is 3.83. The molecule has 1 fully saturated rings. The lowest BCUT2D eigenvalue weighted by Crippen LogP contribution is -2.50. The second-order valence-corrected chi connectivity index (χ2v) is 3.83. The summed E-state index contributed by atoms with van der Waals surface area (Å²) < 4.78 is 5.07. The number of carbonyl (C=O) groups excluding carboxylic acids is 1. The first kappa shape index (κ1) is 11.4. The van der Waals surface area contributed by atoms with Crippen LogP contribution < -0.4 is 5.32 Å². The van der Waals surface area contributed by atoms with Crippen molar-refractivity contribution in [1.29, 1.82) is 0 Å². The summed E-state index contributed by atoms with van der Waals surface area (Å²) in [5.41, 5.74) is 0. The van der Waals surface area contributed by atoms with Gasteiger partial charge in [-0.15, -0.1) is 0 Å². The summed E-state index contributed by atoms with van der Waals surface area (Å²) in [5, 5.41) is 12.5. The first-order valence-electron chi connectivity index (χ1n) is 4.75. The molecule has 0 aliphatic carbocycles. The average Bonchev–Trinajstić information content (AvgIpc) is 2.50. The quantitative estimate of drug-likeness (QED) is 0.604. The van der Waals surface area contributed by atoms with Crippen molar-refractivity contribution < 1.29 is 14.6 Å². The predicted molar refractivity (Wildman–Crippen MR) is 51.9 cm³/mol. The van der Waals surface area contributed by atoms with E-state index >= 15 is 0 Å². The van der Waals surface area contributed by atoms with Crippen LogP contribution in [0, 0.1) is 0 Å². The van der Waals surface area contributed by atoms with Crippen LogP contribution in [0.5, 0.6) is 0 Å². The molecule has 1 saturated heterocycles. The van der Waals surface area contributed by atoms with Gasteiger partial charge in [0.2, 0.25) is 5.91 Å². The fourth-order valence-electron chi connectivity index (χ4n) is 1.48. The highest BCUT2D eigenvalue weighted by molar-refractivity contribution is 5.80. The van der Waals surface area contributed by atoms with Gasteiger partial charge < -0.3 is 14.7 Å². The van der Waals surface area contributed by atoms with Gasteiger partial charge in [-0.2, -0.15) is 0 Å². The number of likely N-dealkylation sites (N-methyl/N-ethyl adjacent to an activating group) is 1. The molecule has 1 aliphatic heterocycles. The maximum Gasteiger partial charge on any atom is 0.238 e. The van der Waals surface area contributed by atoms with Crippen molar-refractivity contribution in [1.82, 2.24) is 10.2 Å². The Hall–Kier alpha value is -0.650. The molecule has 2 N–H and O–H groups in total. The molecule has 82 valence electrons. The third-order valence-electron chi connectivity index (χ3n) is 2.33. The van der Waals surface area contributed by atoms with Crippen LogP contribution in [-0.2, 0) is 9.53 Å². The number of aliphatic hydroxyl groups is 1. The third-order valence-corrected chi connectivity index (χ3v) is 2.33. The molecule has 3 atom stereocenters. The summed E-state index contributed by atoms with van der Waals surface area (Å²) >= 11 is 0. The number of ether oxygens (including phenoxy) is 1. The van der Waals surface area contributed by atoms with E-state index in [1.807, 2.05) is 0 Å². The Balaban J connectivity index is 2.39. The van der Waals surface area contributed by atoms with E-state index in [0.717, 1.165) is 0 Å². The van der Waals surface area contributed by atoms with Crippen LogP contribution in [0.15, 0.2) is 0 Å². The first-order valence-corrected chi connectivity index (χ1v) is 4.75. The molecule has 1 amide bonds. The Morgan fingerprint density at radius 2 is 2.21 bits per heavy atom. The molecule has 0 bridgehead atoms. The van der Waals surface area contributed by atoms with Gasteiger partial charge in [0.25, 0.3) is 0 Å². The van der Waals surface area contributed by atoms with E-state index in [2.05, 4.69) is 5.32 Å². The molecule has 0 radical (unpaired) electrons. The Morgan fingerprint density at radius 3 is 2.64 bits per heavy atom. The number of rotatable bonds is 3. The Labute approximate surface area is 84.0 Å². The van der Waals surface area contributed by atoms with E-state index in [9.17, 15) is 9.90 Å². The van der Waals surface area contributed by atoms with E-state index in [-0.39, 0.29) is 18.0 Å². The van der Waals surface area contributed by atoms with Crippen LogP contribution in [0.3, 0.4) is 0 Å². The molecule has 0 aromatic rings. The topological polar surface area (TPSA) is 61.8 Å². The number of nitrogens with zero attached hydrogens (tertiary/aromatic N) is 1. The van der Waals surface area contributed by atoms with Crippen molar-refractivity contribution in [3.63, 3.8) is 0 Å². The van der Waals surface area contributed by atoms with Gasteiger partial charge in [-0.25, -0.2) is 0 Å². The monoisotopic (exact) mass is 202 g/mol. The molecule has 0 spiro atoms. The molecular formula is C9H18N2O3. The minimum atomic E-state index is -0.507. The summed E-state index contributed by atoms with van der Waals surface area (Å²) in [6, 6.07) is -0.416. The van der Waals surface area contributed by atoms with E-state index in [0.29, 0.717) is 13.2 Å². The highest BCUT2D eigenvalue weighted by atomic mass is 16.5. The van der Waals surface area contributed by atoms with Gasteiger partial charge in [0.1, 0.15) is 0 Å². The third kappa shape index (κ3) is 2.67. The standard InChI is InChI=1S/C9H18N2O3/c1-6(9(13)11(2)3)10-7-4-14-5-8(7)12/h6-8,10,12H,4-5H2,1-3H3. The van der Waals surface area contributed by atoms with Crippen LogP contribution in [-0.4, -0.2) is 61.4 Å². The summed E-state index contributed by atoms with van der Waals surface area (Å²) in [6.07, 6.45) is -0.507. The van der Waals surface area contributed by atoms with Crippen molar-refractivity contribution in [2.24, 2.45) is 0 Å². The molecule has 0 aromatic carbocycles. The second kappa shape index (κ2) is 4.72. The van der Waals surface area contributed by atoms with Gasteiger partial charge >= 0.3 is 0 Å². The van der Waals surface area contributed by atoms with E-state index in [1.54, 1.807) is 21.0 Å². The summed E-state index contributed by atoms with van der Waals surface area (Å²) in [6.45, 7) is 2.60. The minimum Gasteiger partial charge on any atom is -0.389 e. The van der Waals surface area contributed by atoms with Crippen molar-refractivity contribution in [2.75, 3.05) is 27.3 Å². The maximum atomic E-state index is 11.5. The van der Waals surface area contributed by atoms with E-state index < -0.39 is 6.10 Å². The lowest BCUT2D eigenvalue weighted by atomic mass is 10.2. The summed E-state index contributed by atoms with van der Waals surface area (Å²) in [7, 11) is 3.42. The number of carbonyl (C=O) groups is 1. The predicted octanol–water partition coefficient (Wildman–Crippen LogP) is -1.19. The number of aliphatic hydroxyl groups excluding tert-OH is 1. The van der Waals surface area contributed by atoms with Crippen molar-refractivity contribution >= 4 is 5.91 Å². The zero-order chi connectivity index (χ0) is 10.7. The Bertz CT molecular complexity index is 208. The van der Waals surface area contributed by atoms with Crippen LogP contribution in [0.2, 0.25) is 0 Å². The normalized spacial score (nSPS) is 28.9. The maximum absolute atomic E-state index is 11.5. The first-order chi connectivity index (χ1) is 6.52. The highest BCUT2D eigenvalue weighted by Gasteiger charge is 2.29. The SMILES string of the molecule is CC(NC1COCC1O)C(=O)N(C)C. The van der Waals surface area contributed by atoms with Gasteiger partial charge in [-0.3, -0.25) is 10.1 Å². The smallest absolute Gasteiger partial charge is 0.238 e. The van der Waals surface area contributed by atoms with E-state index in [4.69, 9.17) is 4.74 Å². The van der Waals surface area contributed by atoms with Crippen LogP contribution in [0.25, 0.3) is 0 Å². The Kier molecular flexibility index (Phi) is 3.86. The number of hydrogen-bond acceptors (Lipinski definition) is 4. The van der Waals surface area contributed by atoms with E-state index in [1.165, 1.54) is 4.90 Å². The molecule has 14 heavy (non-hydrogen) atoms. The number of nitrogens with one attached hydrogen (secondary N) is 1. The number of amides is 1. The molecule has 1 aliphatic rings. The highest BCUT2D eigenvalue weighted by Crippen LogP contribution is 2.06. The minimum absolute atomic E-state index is 0.00380. The molecule has 1 rings (SSSR count). The molecule has 0 aromatic heterocycles. The molecule has 0 saturated carbocycles. The Morgan fingerprint density at radius 1 is 1.57 bits per heavy atom. The lowest BCUT2D eigenvalue weighted by Gasteiger charge is -2.22. The average molecular weight is 202 g/mol. The molecule has 5 nitrogen and oxygen atoms in total. The molecule has 1 heterocycles. The van der Waals surface area contributed by atoms with Gasteiger partial charge in [-0.1, -0.05) is 0 Å². The van der Waals surface area contributed by atoms with Gasteiger partial charge in [0.05, 0.1) is 31.4 Å².